The number of nitrogens with one attached hydrogen (secondary N) is 2. The Labute approximate surface area is 238 Å². The topological polar surface area (TPSA) is 119 Å². The van der Waals surface area contributed by atoms with Gasteiger partial charge in [-0.25, -0.2) is 8.42 Å². The Balaban J connectivity index is 1.62. The van der Waals surface area contributed by atoms with E-state index in [0.29, 0.717) is 35.5 Å². The molecule has 0 heterocycles. The average Bonchev–Trinajstić information content (AvgIpc) is 2.93. The van der Waals surface area contributed by atoms with E-state index in [0.717, 1.165) is 15.4 Å². The maximum atomic E-state index is 13.5. The van der Waals surface area contributed by atoms with Gasteiger partial charge in [0.2, 0.25) is 21.8 Å². The average molecular weight is 588 g/mol. The number of hydrogen-bond donors (Lipinski definition) is 2. The first-order valence-corrected chi connectivity index (χ1v) is 14.3. The monoisotopic (exact) mass is 586 g/mol. The zero-order valence-electron chi connectivity index (χ0n) is 21.3. The molecular formula is C28H28Cl2N4O4S. The molecule has 2 amide bonds. The Kier molecular flexibility index (Phi) is 10.9. The Hall–Kier alpha value is -3.42. The van der Waals surface area contributed by atoms with E-state index in [1.165, 1.54) is 12.1 Å². The Bertz CT molecular complexity index is 1460. The number of amides is 2. The van der Waals surface area contributed by atoms with Crippen molar-refractivity contribution in [3.05, 3.63) is 99.0 Å². The second kappa shape index (κ2) is 14.1. The van der Waals surface area contributed by atoms with Crippen molar-refractivity contribution in [3.8, 4) is 6.07 Å². The lowest BCUT2D eigenvalue weighted by atomic mass is 10.1. The molecule has 11 heteroatoms. The number of sulfonamides is 1. The summed E-state index contributed by atoms with van der Waals surface area (Å²) >= 11 is 12.4. The summed E-state index contributed by atoms with van der Waals surface area (Å²) in [5.74, 6) is -1.04. The van der Waals surface area contributed by atoms with Gasteiger partial charge in [0.1, 0.15) is 4.90 Å². The van der Waals surface area contributed by atoms with Gasteiger partial charge in [0.05, 0.1) is 29.7 Å². The summed E-state index contributed by atoms with van der Waals surface area (Å²) in [6.45, 7) is 1.18. The molecule has 0 bridgehead atoms. The van der Waals surface area contributed by atoms with E-state index >= 15 is 0 Å². The molecule has 0 radical (unpaired) electrons. The van der Waals surface area contributed by atoms with Crippen LogP contribution in [0.3, 0.4) is 0 Å². The number of nitrogens with zero attached hydrogens (tertiary/aromatic N) is 2. The lowest BCUT2D eigenvalue weighted by molar-refractivity contribution is -0.126. The van der Waals surface area contributed by atoms with Crippen LogP contribution in [0.15, 0.2) is 71.6 Å². The van der Waals surface area contributed by atoms with Crippen LogP contribution in [-0.2, 0) is 32.5 Å². The molecule has 0 atom stereocenters. The molecule has 0 aliphatic rings. The molecule has 0 aromatic heterocycles. The van der Waals surface area contributed by atoms with Gasteiger partial charge in [0, 0.05) is 18.1 Å². The number of benzene rings is 3. The predicted octanol–water partition coefficient (Wildman–Crippen LogP) is 3.88. The molecule has 3 aromatic rings. The van der Waals surface area contributed by atoms with Gasteiger partial charge in [-0.05, 0) is 60.7 Å². The minimum absolute atomic E-state index is 0.00531. The molecule has 39 heavy (non-hydrogen) atoms. The third-order valence-corrected chi connectivity index (χ3v) is 8.88. The number of carbonyl (C=O) groups is 2. The molecule has 0 fully saturated rings. The highest BCUT2D eigenvalue weighted by molar-refractivity contribution is 7.89. The SMILES string of the molecule is Cc1c(Cl)ccc(S(=O)(=O)N(CCc2ccccc2)CC(=O)NCC(=O)NCCc2ccc(C#N)cc2)c1Cl. The van der Waals surface area contributed by atoms with Gasteiger partial charge in [0.25, 0.3) is 0 Å². The zero-order valence-corrected chi connectivity index (χ0v) is 23.6. The van der Waals surface area contributed by atoms with Gasteiger partial charge in [-0.3, -0.25) is 9.59 Å². The molecule has 3 rings (SSSR count). The molecule has 2 N–H and O–H groups in total. The van der Waals surface area contributed by atoms with Crippen molar-refractivity contribution in [1.29, 1.82) is 5.26 Å². The van der Waals surface area contributed by atoms with Crippen LogP contribution >= 0.6 is 23.2 Å². The van der Waals surface area contributed by atoms with Gasteiger partial charge < -0.3 is 10.6 Å². The maximum absolute atomic E-state index is 13.5. The van der Waals surface area contributed by atoms with Crippen molar-refractivity contribution in [3.63, 3.8) is 0 Å². The third-order valence-electron chi connectivity index (χ3n) is 5.98. The summed E-state index contributed by atoms with van der Waals surface area (Å²) in [6.07, 6.45) is 0.922. The second-order valence-electron chi connectivity index (χ2n) is 8.74. The van der Waals surface area contributed by atoms with E-state index in [-0.39, 0.29) is 23.0 Å². The molecule has 204 valence electrons. The first kappa shape index (κ1) is 30.1. The molecule has 0 spiro atoms. The zero-order chi connectivity index (χ0) is 28.4. The van der Waals surface area contributed by atoms with Crippen LogP contribution in [0.2, 0.25) is 10.0 Å². The fourth-order valence-corrected chi connectivity index (χ4v) is 5.89. The van der Waals surface area contributed by atoms with Crippen molar-refractivity contribution in [2.24, 2.45) is 0 Å². The summed E-state index contributed by atoms with van der Waals surface area (Å²) in [4.78, 5) is 24.8. The first-order chi connectivity index (χ1) is 18.6. The number of halogens is 2. The minimum Gasteiger partial charge on any atom is -0.354 e. The Morgan fingerprint density at radius 1 is 0.897 bits per heavy atom. The lowest BCUT2D eigenvalue weighted by Gasteiger charge is -2.23. The highest BCUT2D eigenvalue weighted by Gasteiger charge is 2.29. The van der Waals surface area contributed by atoms with Crippen molar-refractivity contribution < 1.29 is 18.0 Å². The van der Waals surface area contributed by atoms with E-state index in [4.69, 9.17) is 28.5 Å². The fourth-order valence-electron chi connectivity index (χ4n) is 3.71. The number of carbonyl (C=O) groups excluding carboxylic acids is 2. The summed E-state index contributed by atoms with van der Waals surface area (Å²) in [6, 6.07) is 21.1. The van der Waals surface area contributed by atoms with Crippen LogP contribution in [0, 0.1) is 18.3 Å². The van der Waals surface area contributed by atoms with E-state index < -0.39 is 28.4 Å². The first-order valence-electron chi connectivity index (χ1n) is 12.1. The van der Waals surface area contributed by atoms with E-state index in [1.54, 1.807) is 19.1 Å². The highest BCUT2D eigenvalue weighted by Crippen LogP contribution is 2.32. The van der Waals surface area contributed by atoms with Crippen LogP contribution < -0.4 is 10.6 Å². The smallest absolute Gasteiger partial charge is 0.245 e. The summed E-state index contributed by atoms with van der Waals surface area (Å²) in [5.41, 5.74) is 2.83. The molecular weight excluding hydrogens is 559 g/mol. The van der Waals surface area contributed by atoms with Crippen LogP contribution in [0.4, 0.5) is 0 Å². The van der Waals surface area contributed by atoms with Crippen LogP contribution in [-0.4, -0.2) is 50.7 Å². The standard InChI is InChI=1S/C28H28Cl2N4O4S/c1-20-24(29)11-12-25(28(20)30)39(37,38)34(16-14-21-5-3-2-4-6-21)19-27(36)33-18-26(35)32-15-13-22-7-9-23(17-31)10-8-22/h2-12H,13-16,18-19H2,1H3,(H,32,35)(H,33,36). The minimum atomic E-state index is -4.16. The van der Waals surface area contributed by atoms with E-state index in [1.807, 2.05) is 48.5 Å². The Morgan fingerprint density at radius 2 is 1.56 bits per heavy atom. The molecule has 3 aromatic carbocycles. The van der Waals surface area contributed by atoms with Crippen molar-refractivity contribution in [1.82, 2.24) is 14.9 Å². The molecule has 0 aliphatic carbocycles. The molecule has 0 saturated heterocycles. The van der Waals surface area contributed by atoms with Gasteiger partial charge >= 0.3 is 0 Å². The van der Waals surface area contributed by atoms with E-state index in [9.17, 15) is 18.0 Å². The quantitative estimate of drug-likeness (QED) is 0.334. The summed E-state index contributed by atoms with van der Waals surface area (Å²) in [7, 11) is -4.16. The number of hydrogen-bond acceptors (Lipinski definition) is 5. The van der Waals surface area contributed by atoms with Crippen LogP contribution in [0.5, 0.6) is 0 Å². The van der Waals surface area contributed by atoms with Crippen LogP contribution in [0.1, 0.15) is 22.3 Å². The van der Waals surface area contributed by atoms with Gasteiger partial charge in [-0.1, -0.05) is 65.7 Å². The maximum Gasteiger partial charge on any atom is 0.245 e. The van der Waals surface area contributed by atoms with Gasteiger partial charge in [0.15, 0.2) is 0 Å². The third kappa shape index (κ3) is 8.53. The van der Waals surface area contributed by atoms with Crippen LogP contribution in [0.25, 0.3) is 0 Å². The largest absolute Gasteiger partial charge is 0.354 e. The summed E-state index contributed by atoms with van der Waals surface area (Å²) in [5, 5.41) is 14.4. The highest BCUT2D eigenvalue weighted by atomic mass is 35.5. The second-order valence-corrected chi connectivity index (χ2v) is 11.4. The molecule has 8 nitrogen and oxygen atoms in total. The lowest BCUT2D eigenvalue weighted by Crippen LogP contribution is -2.44. The molecule has 0 unspecified atom stereocenters. The van der Waals surface area contributed by atoms with E-state index in [2.05, 4.69) is 10.6 Å². The van der Waals surface area contributed by atoms with Gasteiger partial charge in [-0.15, -0.1) is 0 Å². The number of nitriles is 1. The molecule has 0 aliphatic heterocycles. The molecule has 0 saturated carbocycles. The fraction of sp³-hybridized carbons (Fsp3) is 0.250. The van der Waals surface area contributed by atoms with Crippen molar-refractivity contribution in [2.75, 3.05) is 26.2 Å². The van der Waals surface area contributed by atoms with Crippen molar-refractivity contribution in [2.45, 2.75) is 24.7 Å². The Morgan fingerprint density at radius 3 is 2.23 bits per heavy atom. The summed E-state index contributed by atoms with van der Waals surface area (Å²) < 4.78 is 28.1. The predicted molar refractivity (Wildman–Crippen MR) is 151 cm³/mol. The van der Waals surface area contributed by atoms with Gasteiger partial charge in [-0.2, -0.15) is 9.57 Å². The normalized spacial score (nSPS) is 11.2. The number of rotatable bonds is 12. The van der Waals surface area contributed by atoms with Crippen molar-refractivity contribution >= 4 is 45.0 Å².